The number of amides is 2. The van der Waals surface area contributed by atoms with Gasteiger partial charge in [0.15, 0.2) is 0 Å². The third-order valence-electron chi connectivity index (χ3n) is 5.79. The molecule has 0 saturated carbocycles. The topological polar surface area (TPSA) is 98.4 Å². The van der Waals surface area contributed by atoms with E-state index in [1.165, 1.54) is 17.0 Å². The first-order chi connectivity index (χ1) is 15.6. The molecule has 2 aliphatic rings. The fourth-order valence-electron chi connectivity index (χ4n) is 4.08. The summed E-state index contributed by atoms with van der Waals surface area (Å²) in [7, 11) is 0. The molecule has 12 heteroatoms. The Morgan fingerprint density at radius 1 is 1.09 bits per heavy atom. The van der Waals surface area contributed by atoms with Crippen molar-refractivity contribution in [1.29, 1.82) is 0 Å². The molecule has 2 aliphatic heterocycles. The SMILES string of the molecule is O=C(c1cc(Cc2n[nH]c(=O)c3c2NCCC3)ccc1F)N1CCN(C(=O)C(F)(F)F)CC1. The van der Waals surface area contributed by atoms with Gasteiger partial charge in [-0.3, -0.25) is 14.4 Å². The molecule has 2 N–H and O–H groups in total. The summed E-state index contributed by atoms with van der Waals surface area (Å²) in [6.45, 7) is -0.150. The van der Waals surface area contributed by atoms with Crippen LogP contribution in [0.3, 0.4) is 0 Å². The van der Waals surface area contributed by atoms with Crippen molar-refractivity contribution in [1.82, 2.24) is 20.0 Å². The number of hydrogen-bond donors (Lipinski definition) is 2. The van der Waals surface area contributed by atoms with E-state index in [0.29, 0.717) is 40.4 Å². The van der Waals surface area contributed by atoms with Crippen LogP contribution >= 0.6 is 0 Å². The molecule has 1 saturated heterocycles. The summed E-state index contributed by atoms with van der Waals surface area (Å²) in [5.41, 5.74) is 1.92. The molecule has 0 radical (unpaired) electrons. The van der Waals surface area contributed by atoms with E-state index in [4.69, 9.17) is 0 Å². The normalized spacial score (nSPS) is 16.2. The number of hydrogen-bond acceptors (Lipinski definition) is 5. The summed E-state index contributed by atoms with van der Waals surface area (Å²) in [5.74, 6) is -3.37. The molecule has 0 aliphatic carbocycles. The van der Waals surface area contributed by atoms with Gasteiger partial charge in [-0.05, 0) is 30.5 Å². The van der Waals surface area contributed by atoms with Crippen LogP contribution in [0.15, 0.2) is 23.0 Å². The first-order valence-corrected chi connectivity index (χ1v) is 10.4. The van der Waals surface area contributed by atoms with Crippen molar-refractivity contribution >= 4 is 17.5 Å². The van der Waals surface area contributed by atoms with Gasteiger partial charge in [0.25, 0.3) is 11.5 Å². The van der Waals surface area contributed by atoms with Gasteiger partial charge in [0, 0.05) is 44.7 Å². The summed E-state index contributed by atoms with van der Waals surface area (Å²) < 4.78 is 52.3. The molecule has 2 amide bonds. The molecule has 1 aromatic heterocycles. The summed E-state index contributed by atoms with van der Waals surface area (Å²) in [5, 5.41) is 9.74. The molecule has 33 heavy (non-hydrogen) atoms. The van der Waals surface area contributed by atoms with Crippen LogP contribution in [0.4, 0.5) is 23.2 Å². The smallest absolute Gasteiger partial charge is 0.383 e. The van der Waals surface area contributed by atoms with Crippen LogP contribution in [0.5, 0.6) is 0 Å². The molecule has 3 heterocycles. The predicted molar refractivity (Wildman–Crippen MR) is 109 cm³/mol. The summed E-state index contributed by atoms with van der Waals surface area (Å²) in [4.78, 5) is 38.1. The van der Waals surface area contributed by atoms with Crippen molar-refractivity contribution in [2.75, 3.05) is 38.0 Å². The zero-order chi connectivity index (χ0) is 23.8. The Kier molecular flexibility index (Phi) is 6.09. The third kappa shape index (κ3) is 4.69. The Morgan fingerprint density at radius 3 is 2.48 bits per heavy atom. The van der Waals surface area contributed by atoms with Gasteiger partial charge in [-0.15, -0.1) is 0 Å². The number of fused-ring (bicyclic) bond motifs is 1. The maximum Gasteiger partial charge on any atom is 0.471 e. The maximum absolute atomic E-state index is 14.5. The van der Waals surface area contributed by atoms with Crippen LogP contribution in [0, 0.1) is 5.82 Å². The van der Waals surface area contributed by atoms with E-state index in [0.717, 1.165) is 12.5 Å². The van der Waals surface area contributed by atoms with Gasteiger partial charge < -0.3 is 15.1 Å². The minimum absolute atomic E-state index is 0.136. The second kappa shape index (κ2) is 8.83. The quantitative estimate of drug-likeness (QED) is 0.670. The van der Waals surface area contributed by atoms with Crippen LogP contribution in [0.25, 0.3) is 0 Å². The molecule has 1 fully saturated rings. The van der Waals surface area contributed by atoms with E-state index in [2.05, 4.69) is 15.5 Å². The molecular weight excluding hydrogens is 446 g/mol. The van der Waals surface area contributed by atoms with Gasteiger partial charge in [-0.25, -0.2) is 9.49 Å². The van der Waals surface area contributed by atoms with Crippen LogP contribution in [0.1, 0.15) is 33.6 Å². The highest BCUT2D eigenvalue weighted by atomic mass is 19.4. The molecule has 176 valence electrons. The van der Waals surface area contributed by atoms with Gasteiger partial charge in [-0.1, -0.05) is 6.07 Å². The lowest BCUT2D eigenvalue weighted by Crippen LogP contribution is -2.53. The van der Waals surface area contributed by atoms with Crippen LogP contribution < -0.4 is 10.9 Å². The number of alkyl halides is 3. The van der Waals surface area contributed by atoms with Crippen molar-refractivity contribution in [2.45, 2.75) is 25.4 Å². The van der Waals surface area contributed by atoms with Crippen LogP contribution in [-0.4, -0.2) is 70.7 Å². The summed E-state index contributed by atoms with van der Waals surface area (Å²) >= 11 is 0. The lowest BCUT2D eigenvalue weighted by Gasteiger charge is -2.35. The standard InChI is InChI=1S/C21H21F4N5O3/c22-15-4-3-12(11-16-17-13(2-1-5-26-17)18(31)28-27-16)10-14(15)19(32)29-6-8-30(9-7-29)20(33)21(23,24)25/h3-4,10,26H,1-2,5-9,11H2,(H,28,31). The average molecular weight is 467 g/mol. The Morgan fingerprint density at radius 2 is 1.79 bits per heavy atom. The minimum Gasteiger partial charge on any atom is -0.383 e. The molecule has 0 atom stereocenters. The zero-order valence-electron chi connectivity index (χ0n) is 17.5. The van der Waals surface area contributed by atoms with Gasteiger partial charge >= 0.3 is 12.1 Å². The fourth-order valence-corrected chi connectivity index (χ4v) is 4.08. The van der Waals surface area contributed by atoms with Gasteiger partial charge in [0.1, 0.15) is 5.82 Å². The minimum atomic E-state index is -4.98. The fraction of sp³-hybridized carbons (Fsp3) is 0.429. The highest BCUT2D eigenvalue weighted by molar-refractivity contribution is 5.95. The molecular formula is C21H21F4N5O3. The van der Waals surface area contributed by atoms with Gasteiger partial charge in [-0.2, -0.15) is 18.3 Å². The van der Waals surface area contributed by atoms with Crippen molar-refractivity contribution in [3.8, 4) is 0 Å². The second-order valence-corrected chi connectivity index (χ2v) is 7.96. The molecule has 2 aromatic rings. The van der Waals surface area contributed by atoms with E-state index in [1.807, 2.05) is 0 Å². The molecule has 0 spiro atoms. The lowest BCUT2D eigenvalue weighted by molar-refractivity contribution is -0.186. The number of anilines is 1. The van der Waals surface area contributed by atoms with Gasteiger partial charge in [0.05, 0.1) is 16.9 Å². The van der Waals surface area contributed by atoms with E-state index in [1.54, 1.807) is 0 Å². The molecule has 1 aromatic carbocycles. The van der Waals surface area contributed by atoms with Crippen molar-refractivity contribution in [2.24, 2.45) is 0 Å². The summed E-state index contributed by atoms with van der Waals surface area (Å²) in [6, 6.07) is 4.04. The first kappa shape index (κ1) is 22.7. The van der Waals surface area contributed by atoms with Gasteiger partial charge in [0.2, 0.25) is 0 Å². The van der Waals surface area contributed by atoms with Crippen molar-refractivity contribution < 1.29 is 27.2 Å². The van der Waals surface area contributed by atoms with E-state index in [-0.39, 0.29) is 43.7 Å². The number of aromatic amines is 1. The van der Waals surface area contributed by atoms with Crippen LogP contribution in [-0.2, 0) is 17.6 Å². The third-order valence-corrected chi connectivity index (χ3v) is 5.79. The molecule has 0 bridgehead atoms. The van der Waals surface area contributed by atoms with Crippen molar-refractivity contribution in [3.05, 3.63) is 56.8 Å². The number of benzene rings is 1. The molecule has 4 rings (SSSR count). The number of H-pyrrole nitrogens is 1. The average Bonchev–Trinajstić information content (AvgIpc) is 2.81. The van der Waals surface area contributed by atoms with E-state index >= 15 is 0 Å². The highest BCUT2D eigenvalue weighted by Crippen LogP contribution is 2.25. The number of aromatic nitrogens is 2. The van der Waals surface area contributed by atoms with Crippen LogP contribution in [0.2, 0.25) is 0 Å². The van der Waals surface area contributed by atoms with E-state index < -0.39 is 23.8 Å². The first-order valence-electron chi connectivity index (χ1n) is 10.4. The largest absolute Gasteiger partial charge is 0.471 e. The number of halogens is 4. The summed E-state index contributed by atoms with van der Waals surface area (Å²) in [6.07, 6.45) is -3.31. The Bertz CT molecular complexity index is 1140. The second-order valence-electron chi connectivity index (χ2n) is 7.96. The lowest BCUT2D eigenvalue weighted by atomic mass is 9.99. The number of nitrogens with zero attached hydrogens (tertiary/aromatic N) is 3. The predicted octanol–water partition coefficient (Wildman–Crippen LogP) is 1.70. The number of nitrogens with one attached hydrogen (secondary N) is 2. The Balaban J connectivity index is 1.50. The number of rotatable bonds is 3. The molecule has 0 unspecified atom stereocenters. The van der Waals surface area contributed by atoms with Crippen molar-refractivity contribution in [3.63, 3.8) is 0 Å². The zero-order valence-corrected chi connectivity index (χ0v) is 17.5. The van der Waals surface area contributed by atoms with E-state index in [9.17, 15) is 31.9 Å². The number of piperazine rings is 1. The number of carbonyl (C=O) groups is 2. The maximum atomic E-state index is 14.5. The Hall–Kier alpha value is -3.44. The highest BCUT2D eigenvalue weighted by Gasteiger charge is 2.43. The monoisotopic (exact) mass is 467 g/mol. The number of carbonyl (C=O) groups excluding carboxylic acids is 2. The Labute approximate surface area is 185 Å². The molecule has 8 nitrogen and oxygen atoms in total.